The third-order valence-corrected chi connectivity index (χ3v) is 1.20. The van der Waals surface area contributed by atoms with Crippen LogP contribution < -0.4 is 10.6 Å². The molecule has 1 atom stereocenters. The lowest BCUT2D eigenvalue weighted by molar-refractivity contribution is -0.123. The fourth-order valence-corrected chi connectivity index (χ4v) is 0.645. The molecule has 1 amide bonds. The molecule has 1 unspecified atom stereocenters. The summed E-state index contributed by atoms with van der Waals surface area (Å²) < 4.78 is 0. The van der Waals surface area contributed by atoms with E-state index < -0.39 is 0 Å². The van der Waals surface area contributed by atoms with Gasteiger partial charge in [-0.15, -0.1) is 0 Å². The van der Waals surface area contributed by atoms with Crippen LogP contribution in [0.3, 0.4) is 0 Å². The van der Waals surface area contributed by atoms with E-state index in [-0.39, 0.29) is 11.8 Å². The Bertz CT molecular complexity index is 93.1. The first-order valence-corrected chi connectivity index (χ1v) is 3.08. The quantitative estimate of drug-likeness (QED) is 0.545. The molecule has 0 aliphatic rings. The second-order valence-corrected chi connectivity index (χ2v) is 2.07. The van der Waals surface area contributed by atoms with E-state index in [2.05, 4.69) is 10.6 Å². The molecule has 0 aliphatic carbocycles. The number of carbonyl (C=O) groups is 1. The van der Waals surface area contributed by atoms with Gasteiger partial charge in [-0.2, -0.15) is 0 Å². The summed E-state index contributed by atoms with van der Waals surface area (Å²) in [5.74, 6) is 0.157. The van der Waals surface area contributed by atoms with Crippen molar-refractivity contribution in [3.8, 4) is 0 Å². The molecule has 0 spiro atoms. The highest BCUT2D eigenvalue weighted by atomic mass is 16.1. The highest BCUT2D eigenvalue weighted by molar-refractivity contribution is 5.78. The van der Waals surface area contributed by atoms with Gasteiger partial charge in [0.05, 0.1) is 0 Å². The van der Waals surface area contributed by atoms with Gasteiger partial charge in [-0.25, -0.2) is 0 Å². The number of nitrogens with one attached hydrogen (secondary N) is 2. The monoisotopic (exact) mass is 130 g/mol. The molecule has 9 heavy (non-hydrogen) atoms. The van der Waals surface area contributed by atoms with Gasteiger partial charge in [0, 0.05) is 19.5 Å². The molecule has 0 aromatic carbocycles. The van der Waals surface area contributed by atoms with Crippen LogP contribution in [-0.2, 0) is 4.79 Å². The zero-order valence-electron chi connectivity index (χ0n) is 6.19. The van der Waals surface area contributed by atoms with Gasteiger partial charge >= 0.3 is 0 Å². The minimum Gasteiger partial charge on any atom is -0.359 e. The van der Waals surface area contributed by atoms with Gasteiger partial charge in [0.25, 0.3) is 0 Å². The molecule has 54 valence electrons. The molecule has 0 rings (SSSR count). The van der Waals surface area contributed by atoms with Crippen LogP contribution in [0.5, 0.6) is 0 Å². The van der Waals surface area contributed by atoms with E-state index in [1.165, 1.54) is 0 Å². The second-order valence-electron chi connectivity index (χ2n) is 2.07. The van der Waals surface area contributed by atoms with Gasteiger partial charge in [-0.1, -0.05) is 6.92 Å². The number of amides is 1. The van der Waals surface area contributed by atoms with Crippen molar-refractivity contribution < 1.29 is 4.79 Å². The van der Waals surface area contributed by atoms with E-state index in [0.717, 1.165) is 6.54 Å². The van der Waals surface area contributed by atoms with Crippen LogP contribution in [-0.4, -0.2) is 26.5 Å². The first-order valence-electron chi connectivity index (χ1n) is 3.08. The van der Waals surface area contributed by atoms with Crippen LogP contribution >= 0.6 is 0 Å². The Labute approximate surface area is 55.8 Å². The Morgan fingerprint density at radius 3 is 2.44 bits per heavy atom. The average molecular weight is 130 g/mol. The summed E-state index contributed by atoms with van der Waals surface area (Å²) >= 11 is 0. The predicted molar refractivity (Wildman–Crippen MR) is 37.2 cm³/mol. The minimum atomic E-state index is 0.0694. The van der Waals surface area contributed by atoms with Gasteiger partial charge < -0.3 is 10.6 Å². The van der Waals surface area contributed by atoms with Crippen molar-refractivity contribution in [1.29, 1.82) is 0 Å². The highest BCUT2D eigenvalue weighted by Gasteiger charge is 2.07. The molecule has 0 saturated carbocycles. The summed E-state index contributed by atoms with van der Waals surface area (Å²) in [6.07, 6.45) is 0. The van der Waals surface area contributed by atoms with E-state index in [1.807, 2.05) is 14.0 Å². The maximum Gasteiger partial charge on any atom is 0.223 e. The molecule has 0 radical (unpaired) electrons. The van der Waals surface area contributed by atoms with Crippen LogP contribution in [0.1, 0.15) is 6.92 Å². The molecular weight excluding hydrogens is 116 g/mol. The van der Waals surface area contributed by atoms with Gasteiger partial charge in [0.2, 0.25) is 5.91 Å². The normalized spacial score (nSPS) is 12.8. The number of carbonyl (C=O) groups excluding carboxylic acids is 1. The zero-order chi connectivity index (χ0) is 7.28. The smallest absolute Gasteiger partial charge is 0.223 e. The van der Waals surface area contributed by atoms with Gasteiger partial charge in [0.1, 0.15) is 0 Å². The topological polar surface area (TPSA) is 41.1 Å². The molecule has 3 heteroatoms. The summed E-state index contributed by atoms with van der Waals surface area (Å²) in [5.41, 5.74) is 0. The first-order chi connectivity index (χ1) is 4.22. The van der Waals surface area contributed by atoms with Gasteiger partial charge in [0.15, 0.2) is 0 Å². The molecule has 0 fully saturated rings. The summed E-state index contributed by atoms with van der Waals surface area (Å²) in [6.45, 7) is 2.62. The molecule has 0 aromatic rings. The number of rotatable bonds is 3. The zero-order valence-corrected chi connectivity index (χ0v) is 6.19. The SMILES string of the molecule is CNCC(C)C(=O)NC. The Kier molecular flexibility index (Phi) is 4.05. The Hall–Kier alpha value is -0.570. The van der Waals surface area contributed by atoms with Crippen molar-refractivity contribution >= 4 is 5.91 Å². The van der Waals surface area contributed by atoms with Crippen LogP contribution in [0.25, 0.3) is 0 Å². The van der Waals surface area contributed by atoms with E-state index in [4.69, 9.17) is 0 Å². The van der Waals surface area contributed by atoms with Crippen LogP contribution in [0, 0.1) is 5.92 Å². The van der Waals surface area contributed by atoms with Crippen LogP contribution in [0.4, 0.5) is 0 Å². The van der Waals surface area contributed by atoms with Crippen molar-refractivity contribution in [2.45, 2.75) is 6.92 Å². The molecule has 0 aromatic heterocycles. The van der Waals surface area contributed by atoms with Crippen molar-refractivity contribution in [1.82, 2.24) is 10.6 Å². The lowest BCUT2D eigenvalue weighted by atomic mass is 10.2. The van der Waals surface area contributed by atoms with E-state index in [0.29, 0.717) is 0 Å². The predicted octanol–water partition coefficient (Wildman–Crippen LogP) is -0.412. The molecule has 0 saturated heterocycles. The summed E-state index contributed by atoms with van der Waals surface area (Å²) in [7, 11) is 3.48. The molecule has 0 bridgehead atoms. The minimum absolute atomic E-state index is 0.0694. The fraction of sp³-hybridized carbons (Fsp3) is 0.833. The highest BCUT2D eigenvalue weighted by Crippen LogP contribution is 1.89. The Morgan fingerprint density at radius 1 is 1.56 bits per heavy atom. The maximum absolute atomic E-state index is 10.8. The van der Waals surface area contributed by atoms with E-state index in [1.54, 1.807) is 7.05 Å². The Balaban J connectivity index is 3.45. The van der Waals surface area contributed by atoms with Crippen molar-refractivity contribution in [3.05, 3.63) is 0 Å². The first kappa shape index (κ1) is 8.43. The summed E-state index contributed by atoms with van der Waals surface area (Å²) in [4.78, 5) is 10.8. The van der Waals surface area contributed by atoms with Crippen LogP contribution in [0.15, 0.2) is 0 Å². The van der Waals surface area contributed by atoms with Crippen molar-refractivity contribution in [2.24, 2.45) is 5.92 Å². The standard InChI is InChI=1S/C6H14N2O/c1-5(4-7-2)6(9)8-3/h5,7H,4H2,1-3H3,(H,8,9). The van der Waals surface area contributed by atoms with Gasteiger partial charge in [-0.3, -0.25) is 4.79 Å². The lowest BCUT2D eigenvalue weighted by Gasteiger charge is -2.07. The van der Waals surface area contributed by atoms with Crippen molar-refractivity contribution in [2.75, 3.05) is 20.6 Å². The van der Waals surface area contributed by atoms with Crippen molar-refractivity contribution in [3.63, 3.8) is 0 Å². The summed E-state index contributed by atoms with van der Waals surface area (Å²) in [6, 6.07) is 0. The fourth-order valence-electron chi connectivity index (χ4n) is 0.645. The maximum atomic E-state index is 10.8. The molecule has 0 aliphatic heterocycles. The second kappa shape index (κ2) is 4.32. The van der Waals surface area contributed by atoms with Gasteiger partial charge in [-0.05, 0) is 7.05 Å². The number of hydrogen-bond acceptors (Lipinski definition) is 2. The molecular formula is C6H14N2O. The summed E-state index contributed by atoms with van der Waals surface area (Å²) in [5, 5.41) is 5.49. The average Bonchev–Trinajstić information content (AvgIpc) is 1.87. The molecule has 2 N–H and O–H groups in total. The third kappa shape index (κ3) is 3.08. The lowest BCUT2D eigenvalue weighted by Crippen LogP contribution is -2.31. The van der Waals surface area contributed by atoms with E-state index in [9.17, 15) is 4.79 Å². The van der Waals surface area contributed by atoms with Crippen LogP contribution in [0.2, 0.25) is 0 Å². The molecule has 0 heterocycles. The largest absolute Gasteiger partial charge is 0.359 e. The Morgan fingerprint density at radius 2 is 2.11 bits per heavy atom. The van der Waals surface area contributed by atoms with E-state index >= 15 is 0 Å². The number of hydrogen-bond donors (Lipinski definition) is 2. The third-order valence-electron chi connectivity index (χ3n) is 1.20. The molecule has 3 nitrogen and oxygen atoms in total.